The highest BCUT2D eigenvalue weighted by Gasteiger charge is 2.36. The molecule has 0 saturated carbocycles. The molecule has 126 valence electrons. The Kier molecular flexibility index (Phi) is 6.01. The van der Waals surface area contributed by atoms with Gasteiger partial charge in [0.05, 0.1) is 0 Å². The van der Waals surface area contributed by atoms with E-state index in [4.69, 9.17) is 9.68 Å². The van der Waals surface area contributed by atoms with E-state index in [-0.39, 0.29) is 12.1 Å². The summed E-state index contributed by atoms with van der Waals surface area (Å²) in [5.41, 5.74) is 0. The van der Waals surface area contributed by atoms with Gasteiger partial charge in [0, 0.05) is 25.2 Å². The quantitative estimate of drug-likeness (QED) is 0.483. The first kappa shape index (κ1) is 17.5. The van der Waals surface area contributed by atoms with Gasteiger partial charge < -0.3 is 10.2 Å². The lowest BCUT2D eigenvalue weighted by Crippen LogP contribution is -2.45. The van der Waals surface area contributed by atoms with Gasteiger partial charge in [-0.1, -0.05) is 0 Å². The van der Waals surface area contributed by atoms with Gasteiger partial charge in [-0.2, -0.15) is 10.1 Å². The van der Waals surface area contributed by atoms with E-state index in [2.05, 4.69) is 0 Å². The third-order valence-electron chi connectivity index (χ3n) is 4.15. The van der Waals surface area contributed by atoms with Crippen LogP contribution in [0.25, 0.3) is 0 Å². The predicted octanol–water partition coefficient (Wildman–Crippen LogP) is -0.407. The summed E-state index contributed by atoms with van der Waals surface area (Å²) in [4.78, 5) is 33.8. The first-order valence-corrected chi connectivity index (χ1v) is 7.71. The number of hydrogen-bond acceptors (Lipinski definition) is 8. The lowest BCUT2D eigenvalue weighted by Gasteiger charge is -2.25. The maximum atomic E-state index is 11.8. The van der Waals surface area contributed by atoms with Gasteiger partial charge in [0.25, 0.3) is 11.6 Å². The Morgan fingerprint density at radius 2 is 1.27 bits per heavy atom. The summed E-state index contributed by atoms with van der Waals surface area (Å²) in [5.74, 6) is -2.42. The molecule has 0 aromatic rings. The SMILES string of the molecule is CC1CCCN1OC(O)C(=O)C(=O)C(O)ON1CCCC1C. The number of nitrogens with zero attached hydrogens (tertiary/aromatic N) is 2. The molecule has 0 spiro atoms. The van der Waals surface area contributed by atoms with Crippen molar-refractivity contribution in [2.75, 3.05) is 13.1 Å². The number of aliphatic hydroxyl groups excluding tert-OH is 2. The van der Waals surface area contributed by atoms with Crippen LogP contribution in [0.4, 0.5) is 0 Å². The molecule has 22 heavy (non-hydrogen) atoms. The molecule has 0 amide bonds. The average molecular weight is 316 g/mol. The fraction of sp³-hybridized carbons (Fsp3) is 0.857. The number of hydroxylamine groups is 4. The molecule has 2 N–H and O–H groups in total. The summed E-state index contributed by atoms with van der Waals surface area (Å²) in [6.45, 7) is 4.98. The van der Waals surface area contributed by atoms with Gasteiger partial charge >= 0.3 is 0 Å². The first-order valence-electron chi connectivity index (χ1n) is 7.71. The highest BCUT2D eigenvalue weighted by Crippen LogP contribution is 2.19. The van der Waals surface area contributed by atoms with E-state index in [0.717, 1.165) is 25.7 Å². The van der Waals surface area contributed by atoms with Crippen molar-refractivity contribution in [3.05, 3.63) is 0 Å². The van der Waals surface area contributed by atoms with Crippen LogP contribution in [0.15, 0.2) is 0 Å². The highest BCUT2D eigenvalue weighted by atomic mass is 16.8. The smallest absolute Gasteiger partial charge is 0.261 e. The Bertz CT molecular complexity index is 380. The molecule has 2 heterocycles. The van der Waals surface area contributed by atoms with Crippen LogP contribution in [0.1, 0.15) is 39.5 Å². The minimum atomic E-state index is -1.91. The monoisotopic (exact) mass is 316 g/mol. The third-order valence-corrected chi connectivity index (χ3v) is 4.15. The molecule has 0 bridgehead atoms. The summed E-state index contributed by atoms with van der Waals surface area (Å²) >= 11 is 0. The Hall–Kier alpha value is -0.900. The fourth-order valence-corrected chi connectivity index (χ4v) is 2.72. The van der Waals surface area contributed by atoms with Crippen LogP contribution >= 0.6 is 0 Å². The zero-order valence-corrected chi connectivity index (χ0v) is 13.0. The first-order chi connectivity index (χ1) is 10.4. The molecular weight excluding hydrogens is 292 g/mol. The van der Waals surface area contributed by atoms with E-state index in [9.17, 15) is 19.8 Å². The van der Waals surface area contributed by atoms with Crippen molar-refractivity contribution in [1.82, 2.24) is 10.1 Å². The van der Waals surface area contributed by atoms with Gasteiger partial charge in [-0.3, -0.25) is 19.3 Å². The van der Waals surface area contributed by atoms with E-state index in [1.165, 1.54) is 10.1 Å². The van der Waals surface area contributed by atoms with Gasteiger partial charge in [-0.05, 0) is 39.5 Å². The normalized spacial score (nSPS) is 29.6. The van der Waals surface area contributed by atoms with Crippen LogP contribution in [-0.2, 0) is 19.3 Å². The Labute approximate surface area is 129 Å². The van der Waals surface area contributed by atoms with Gasteiger partial charge in [0.15, 0.2) is 0 Å². The zero-order chi connectivity index (χ0) is 16.3. The van der Waals surface area contributed by atoms with Gasteiger partial charge in [0.1, 0.15) is 0 Å². The highest BCUT2D eigenvalue weighted by molar-refractivity contribution is 6.39. The van der Waals surface area contributed by atoms with Crippen molar-refractivity contribution in [2.45, 2.75) is 64.2 Å². The number of aliphatic hydroxyl groups is 2. The summed E-state index contributed by atoms with van der Waals surface area (Å²) in [5, 5.41) is 22.4. The third kappa shape index (κ3) is 4.09. The van der Waals surface area contributed by atoms with Crippen LogP contribution in [0.3, 0.4) is 0 Å². The number of hydrogen-bond donors (Lipinski definition) is 2. The molecule has 8 heteroatoms. The van der Waals surface area contributed by atoms with Crippen molar-refractivity contribution in [2.24, 2.45) is 0 Å². The zero-order valence-electron chi connectivity index (χ0n) is 13.0. The molecule has 0 aromatic heterocycles. The van der Waals surface area contributed by atoms with Crippen LogP contribution in [-0.4, -0.2) is 69.7 Å². The van der Waals surface area contributed by atoms with Crippen LogP contribution < -0.4 is 0 Å². The molecule has 0 radical (unpaired) electrons. The number of carbonyl (C=O) groups is 2. The van der Waals surface area contributed by atoms with E-state index in [0.29, 0.717) is 13.1 Å². The molecule has 0 aliphatic carbocycles. The molecule has 2 rings (SSSR count). The maximum absolute atomic E-state index is 11.8. The van der Waals surface area contributed by atoms with Crippen molar-refractivity contribution in [3.8, 4) is 0 Å². The molecule has 2 aliphatic heterocycles. The maximum Gasteiger partial charge on any atom is 0.261 e. The topological polar surface area (TPSA) is 99.5 Å². The minimum Gasteiger partial charge on any atom is -0.360 e. The summed E-state index contributed by atoms with van der Waals surface area (Å²) in [7, 11) is 0. The van der Waals surface area contributed by atoms with Crippen LogP contribution in [0.2, 0.25) is 0 Å². The van der Waals surface area contributed by atoms with Crippen molar-refractivity contribution in [3.63, 3.8) is 0 Å². The molecule has 2 aliphatic rings. The molecule has 2 fully saturated rings. The fourth-order valence-electron chi connectivity index (χ4n) is 2.72. The van der Waals surface area contributed by atoms with Gasteiger partial charge in [-0.25, -0.2) is 0 Å². The second-order valence-electron chi connectivity index (χ2n) is 5.91. The summed E-state index contributed by atoms with van der Waals surface area (Å²) in [6.07, 6.45) is -0.242. The number of carbonyl (C=O) groups excluding carboxylic acids is 2. The largest absolute Gasteiger partial charge is 0.360 e. The molecule has 4 atom stereocenters. The van der Waals surface area contributed by atoms with Crippen molar-refractivity contribution >= 4 is 11.6 Å². The van der Waals surface area contributed by atoms with Crippen LogP contribution in [0, 0.1) is 0 Å². The predicted molar refractivity (Wildman–Crippen MR) is 75.0 cm³/mol. The second kappa shape index (κ2) is 7.58. The number of rotatable bonds is 7. The summed E-state index contributed by atoms with van der Waals surface area (Å²) in [6, 6.07) is 0.147. The molecule has 4 unspecified atom stereocenters. The molecule has 8 nitrogen and oxygen atoms in total. The Morgan fingerprint density at radius 3 is 1.55 bits per heavy atom. The standard InChI is InChI=1S/C14H24N2O6/c1-9-5-3-7-15(9)21-13(19)11(17)12(18)14(20)22-16-8-4-6-10(16)2/h9-10,13-14,19-20H,3-8H2,1-2H3. The Morgan fingerprint density at radius 1 is 0.909 bits per heavy atom. The van der Waals surface area contributed by atoms with E-state index in [1.54, 1.807) is 0 Å². The summed E-state index contributed by atoms with van der Waals surface area (Å²) < 4.78 is 0. The number of ketones is 2. The lowest BCUT2D eigenvalue weighted by molar-refractivity contribution is -0.268. The van der Waals surface area contributed by atoms with Crippen molar-refractivity contribution in [1.29, 1.82) is 0 Å². The average Bonchev–Trinajstić information content (AvgIpc) is 3.07. The Balaban J connectivity index is 1.83. The van der Waals surface area contributed by atoms with Crippen molar-refractivity contribution < 1.29 is 29.5 Å². The minimum absolute atomic E-state index is 0.0733. The number of Topliss-reactive ketones (excluding diaryl/α,β-unsaturated/α-hetero) is 2. The van der Waals surface area contributed by atoms with E-state index < -0.39 is 24.1 Å². The lowest BCUT2D eigenvalue weighted by atomic mass is 10.2. The van der Waals surface area contributed by atoms with Gasteiger partial charge in [-0.15, -0.1) is 0 Å². The molecule has 0 aromatic carbocycles. The van der Waals surface area contributed by atoms with Crippen LogP contribution in [0.5, 0.6) is 0 Å². The van der Waals surface area contributed by atoms with E-state index in [1.807, 2.05) is 13.8 Å². The molecule has 2 saturated heterocycles. The van der Waals surface area contributed by atoms with Gasteiger partial charge in [0.2, 0.25) is 12.6 Å². The second-order valence-corrected chi connectivity index (χ2v) is 5.91. The molecular formula is C14H24N2O6. The van der Waals surface area contributed by atoms with E-state index >= 15 is 0 Å².